The van der Waals surface area contributed by atoms with Gasteiger partial charge in [-0.05, 0) is 95.6 Å². The highest BCUT2D eigenvalue weighted by Crippen LogP contribution is 2.44. The number of benzene rings is 9. The van der Waals surface area contributed by atoms with Gasteiger partial charge in [-0.2, -0.15) is 0 Å². The Morgan fingerprint density at radius 1 is 0.327 bits per heavy atom. The first-order valence-corrected chi connectivity index (χ1v) is 14.5. The van der Waals surface area contributed by atoms with E-state index in [1.54, 1.807) is 0 Å². The van der Waals surface area contributed by atoms with Crippen molar-refractivity contribution >= 4 is 54.3 Å². The SMILES string of the molecule is [2H]c1cc(-c2c([2H])c([2H])c([2H])c([2H])c2[2H])c([2H])c(-c2c3c([2H])c([2H])c([2H])c([2H])c3c(-c3c([2H])c([2H])c(-c4c([2H])c([2H])c5oc6c7c([2H])c([2H])c([2H])c([2H])c7c([2H])c([2H])c6c5c4[2H])c([2H])c3[2H])c3c([2H])c([2H])c([2H])c([2H])c23)c1[2H]. The fourth-order valence-electron chi connectivity index (χ4n) is 5.75. The lowest BCUT2D eigenvalue weighted by atomic mass is 9.85. The number of hydrogen-bond acceptors (Lipinski definition) is 1. The third kappa shape index (κ3) is 4.47. The zero-order valence-electron chi connectivity index (χ0n) is 53.5. The fourth-order valence-corrected chi connectivity index (χ4v) is 5.75. The van der Waals surface area contributed by atoms with Crippen LogP contribution in [0.4, 0.5) is 0 Å². The molecule has 228 valence electrons. The molecule has 1 heteroatoms. The molecule has 0 unspecified atom stereocenters. The number of hydrogen-bond donors (Lipinski definition) is 0. The summed E-state index contributed by atoms with van der Waals surface area (Å²) >= 11 is 0. The van der Waals surface area contributed by atoms with E-state index in [2.05, 4.69) is 0 Å². The molecule has 1 nitrogen and oxygen atoms in total. The average Bonchev–Trinajstić information content (AvgIpc) is 3.96. The van der Waals surface area contributed by atoms with E-state index >= 15 is 0 Å². The van der Waals surface area contributed by atoms with Crippen LogP contribution in [0.25, 0.3) is 98.8 Å². The van der Waals surface area contributed by atoms with Crippen LogP contribution in [0.15, 0.2) is 186 Å². The monoisotopic (exact) mass is 651 g/mol. The lowest BCUT2D eigenvalue weighted by Gasteiger charge is -2.18. The van der Waals surface area contributed by atoms with Gasteiger partial charge in [0, 0.05) is 16.2 Å². The molecule has 49 heavy (non-hydrogen) atoms. The molecule has 0 saturated heterocycles. The molecule has 10 rings (SSSR count). The Kier molecular flexibility index (Phi) is 2.56. The first-order chi connectivity index (χ1) is 36.4. The summed E-state index contributed by atoms with van der Waals surface area (Å²) in [5.41, 5.74) is -7.01. The van der Waals surface area contributed by atoms with Gasteiger partial charge in [0.2, 0.25) is 0 Å². The molecule has 0 fully saturated rings. The van der Waals surface area contributed by atoms with Gasteiger partial charge in [-0.15, -0.1) is 0 Å². The fraction of sp³-hybridized carbons (Fsp3) is 0. The third-order valence-corrected chi connectivity index (χ3v) is 7.88. The Hall–Kier alpha value is -6.44. The summed E-state index contributed by atoms with van der Waals surface area (Å²) in [4.78, 5) is 0. The molecule has 1 aromatic heterocycles. The normalized spacial score (nSPS) is 20.0. The van der Waals surface area contributed by atoms with Crippen molar-refractivity contribution in [3.05, 3.63) is 181 Å². The molecule has 0 aliphatic carbocycles. The van der Waals surface area contributed by atoms with Crippen molar-refractivity contribution in [2.45, 2.75) is 0 Å². The number of furan rings is 1. The first-order valence-electron chi connectivity index (χ1n) is 29.0. The second-order valence-electron chi connectivity index (χ2n) is 10.6. The Labute approximate surface area is 325 Å². The molecule has 0 amide bonds. The Bertz CT molecular complexity index is 4400. The molecule has 10 aromatic rings. The highest BCUT2D eigenvalue weighted by molar-refractivity contribution is 6.21. The van der Waals surface area contributed by atoms with Crippen LogP contribution in [-0.2, 0) is 0 Å². The second kappa shape index (κ2) is 11.1. The van der Waals surface area contributed by atoms with Gasteiger partial charge in [0.15, 0.2) is 0 Å². The van der Waals surface area contributed by atoms with Crippen molar-refractivity contribution < 1.29 is 44.2 Å². The minimum Gasteiger partial charge on any atom is -0.455 e. The zero-order valence-corrected chi connectivity index (χ0v) is 24.5. The molecule has 0 spiro atoms. The van der Waals surface area contributed by atoms with E-state index in [4.69, 9.17) is 29.1 Å². The summed E-state index contributed by atoms with van der Waals surface area (Å²) in [7, 11) is 0. The summed E-state index contributed by atoms with van der Waals surface area (Å²) in [5, 5.41) is -4.75. The van der Waals surface area contributed by atoms with Crippen LogP contribution < -0.4 is 0 Å². The summed E-state index contributed by atoms with van der Waals surface area (Å²) in [6, 6.07) is -25.4. The molecule has 0 N–H and O–H groups in total. The minimum absolute atomic E-state index is 0.394. The van der Waals surface area contributed by atoms with Gasteiger partial charge in [0.25, 0.3) is 0 Å². The standard InChI is InChI=1S/C48H30O/c1-2-11-31(12-3-1)35-14-10-15-37(29-35)47-41-19-8-6-17-39(41)46(40-18-7-9-20-42(40)47)34-23-21-32(22-24-34)36-26-28-45-44(30-36)43-27-25-33-13-4-5-16-38(33)48(43)49-45/h1-30H/i1D,2D,3D,4D,5D,6D,7D,8D,9D,10D,11D,12D,13D,15D,16D,17D,18D,19D,20D,21D,22D,23D,24D,25D,26D,27D,28D,29D,30D. The summed E-state index contributed by atoms with van der Waals surface area (Å²) in [6.07, 6.45) is 0. The van der Waals surface area contributed by atoms with Crippen LogP contribution in [0.1, 0.15) is 39.8 Å². The summed E-state index contributed by atoms with van der Waals surface area (Å²) < 4.78 is 266. The molecule has 0 atom stereocenters. The van der Waals surface area contributed by atoms with Crippen LogP contribution in [0.5, 0.6) is 0 Å². The van der Waals surface area contributed by atoms with Crippen molar-refractivity contribution in [3.8, 4) is 44.5 Å². The highest BCUT2D eigenvalue weighted by Gasteiger charge is 2.17. The van der Waals surface area contributed by atoms with Gasteiger partial charge in [0.1, 0.15) is 11.2 Å². The van der Waals surface area contributed by atoms with Crippen LogP contribution in [-0.4, -0.2) is 0 Å². The van der Waals surface area contributed by atoms with E-state index in [1.165, 1.54) is 0 Å². The van der Waals surface area contributed by atoms with Gasteiger partial charge in [-0.1, -0.05) is 157 Å². The second-order valence-corrected chi connectivity index (χ2v) is 10.6. The van der Waals surface area contributed by atoms with Crippen LogP contribution >= 0.6 is 0 Å². The Morgan fingerprint density at radius 3 is 1.59 bits per heavy atom. The largest absolute Gasteiger partial charge is 0.455 e. The number of rotatable bonds is 4. The molecule has 0 saturated carbocycles. The lowest BCUT2D eigenvalue weighted by Crippen LogP contribution is -1.91. The summed E-state index contributed by atoms with van der Waals surface area (Å²) in [5.74, 6) is 0. The van der Waals surface area contributed by atoms with Crippen molar-refractivity contribution in [2.24, 2.45) is 0 Å². The van der Waals surface area contributed by atoms with Crippen molar-refractivity contribution in [3.63, 3.8) is 0 Å². The third-order valence-electron chi connectivity index (χ3n) is 7.88. The molecule has 9 aromatic carbocycles. The van der Waals surface area contributed by atoms with Gasteiger partial charge in [0.05, 0.1) is 39.8 Å². The van der Waals surface area contributed by atoms with E-state index in [-0.39, 0.29) is 0 Å². The van der Waals surface area contributed by atoms with Crippen molar-refractivity contribution in [2.75, 3.05) is 0 Å². The minimum atomic E-state index is -1.11. The van der Waals surface area contributed by atoms with Gasteiger partial charge >= 0.3 is 0 Å². The van der Waals surface area contributed by atoms with Gasteiger partial charge < -0.3 is 4.42 Å². The zero-order chi connectivity index (χ0) is 57.5. The Morgan fingerprint density at radius 2 is 0.878 bits per heavy atom. The maximum Gasteiger partial charge on any atom is 0.143 e. The summed E-state index contributed by atoms with van der Waals surface area (Å²) in [6.45, 7) is 0. The molecule has 0 aliphatic heterocycles. The molecular formula is C48H30O. The van der Waals surface area contributed by atoms with Crippen molar-refractivity contribution in [1.29, 1.82) is 0 Å². The lowest BCUT2D eigenvalue weighted by molar-refractivity contribution is 0.672. The molecule has 0 aliphatic rings. The predicted octanol–water partition coefficient (Wildman–Crippen LogP) is 13.7. The van der Waals surface area contributed by atoms with Crippen molar-refractivity contribution in [1.82, 2.24) is 0 Å². The Balaban J connectivity index is 1.39. The van der Waals surface area contributed by atoms with E-state index in [9.17, 15) is 15.1 Å². The highest BCUT2D eigenvalue weighted by atomic mass is 16.3. The smallest absolute Gasteiger partial charge is 0.143 e. The maximum atomic E-state index is 9.62. The first kappa shape index (κ1) is 11.3. The molecule has 0 radical (unpaired) electrons. The average molecular weight is 652 g/mol. The van der Waals surface area contributed by atoms with E-state index in [0.29, 0.717) is 0 Å². The van der Waals surface area contributed by atoms with E-state index < -0.39 is 274 Å². The topological polar surface area (TPSA) is 13.1 Å². The quantitative estimate of drug-likeness (QED) is 0.173. The maximum absolute atomic E-state index is 9.62. The predicted molar refractivity (Wildman–Crippen MR) is 208 cm³/mol. The van der Waals surface area contributed by atoms with Crippen LogP contribution in [0.2, 0.25) is 0 Å². The van der Waals surface area contributed by atoms with Gasteiger partial charge in [-0.25, -0.2) is 0 Å². The number of fused-ring (bicyclic) bond motifs is 7. The van der Waals surface area contributed by atoms with E-state index in [1.807, 2.05) is 0 Å². The molecular weight excluding hydrogens is 593 g/mol. The van der Waals surface area contributed by atoms with Crippen LogP contribution in [0, 0.1) is 0 Å². The van der Waals surface area contributed by atoms with Crippen LogP contribution in [0.3, 0.4) is 0 Å². The molecule has 1 heterocycles. The van der Waals surface area contributed by atoms with E-state index in [0.717, 1.165) is 6.07 Å². The van der Waals surface area contributed by atoms with Gasteiger partial charge in [-0.3, -0.25) is 0 Å². The molecule has 0 bridgehead atoms.